The molecule has 0 amide bonds. The molecule has 2 N–H and O–H groups in total. The third-order valence-electron chi connectivity index (χ3n) is 2.80. The second-order valence-electron chi connectivity index (χ2n) is 4.10. The van der Waals surface area contributed by atoms with Crippen molar-refractivity contribution in [3.8, 4) is 0 Å². The largest absolute Gasteiger partial charge is 0.354 e. The Labute approximate surface area is 107 Å². The standard InChI is InChI=1S/C11H20ClN5/c1-5-7(3)8(4)14-11-16-9(12)15-10(17-11)13-6-2/h7-8H,5-6H2,1-4H3,(H2,13,14,15,16,17). The topological polar surface area (TPSA) is 62.7 Å². The summed E-state index contributed by atoms with van der Waals surface area (Å²) in [7, 11) is 0. The van der Waals surface area contributed by atoms with Gasteiger partial charge in [0.2, 0.25) is 17.2 Å². The Morgan fingerprint density at radius 1 is 1.12 bits per heavy atom. The van der Waals surface area contributed by atoms with Crippen LogP contribution in [0.5, 0.6) is 0 Å². The number of anilines is 2. The van der Waals surface area contributed by atoms with Crippen LogP contribution in [-0.2, 0) is 0 Å². The van der Waals surface area contributed by atoms with Gasteiger partial charge in [-0.15, -0.1) is 0 Å². The van der Waals surface area contributed by atoms with Crippen LogP contribution in [0.1, 0.15) is 34.1 Å². The second kappa shape index (κ2) is 6.59. The molecule has 1 rings (SSSR count). The van der Waals surface area contributed by atoms with Crippen LogP contribution in [0, 0.1) is 5.92 Å². The second-order valence-corrected chi connectivity index (χ2v) is 4.44. The lowest BCUT2D eigenvalue weighted by Gasteiger charge is -2.19. The van der Waals surface area contributed by atoms with E-state index >= 15 is 0 Å². The Kier molecular flexibility index (Phi) is 5.41. The van der Waals surface area contributed by atoms with Crippen molar-refractivity contribution < 1.29 is 0 Å². The van der Waals surface area contributed by atoms with E-state index in [1.165, 1.54) is 0 Å². The molecular formula is C11H20ClN5. The zero-order chi connectivity index (χ0) is 12.8. The summed E-state index contributed by atoms with van der Waals surface area (Å²) in [6, 6.07) is 0.299. The van der Waals surface area contributed by atoms with Gasteiger partial charge in [0, 0.05) is 12.6 Å². The first-order chi connectivity index (χ1) is 8.06. The summed E-state index contributed by atoms with van der Waals surface area (Å²) in [6.07, 6.45) is 1.10. The van der Waals surface area contributed by atoms with E-state index in [4.69, 9.17) is 11.6 Å². The molecule has 17 heavy (non-hydrogen) atoms. The van der Waals surface area contributed by atoms with Crippen LogP contribution < -0.4 is 10.6 Å². The highest BCUT2D eigenvalue weighted by molar-refractivity contribution is 6.28. The Morgan fingerprint density at radius 3 is 2.35 bits per heavy atom. The molecule has 0 aliphatic carbocycles. The highest BCUT2D eigenvalue weighted by Crippen LogP contribution is 2.14. The summed E-state index contributed by atoms with van der Waals surface area (Å²) in [5.74, 6) is 1.58. The van der Waals surface area contributed by atoms with Gasteiger partial charge in [-0.25, -0.2) is 0 Å². The summed E-state index contributed by atoms with van der Waals surface area (Å²) in [5, 5.41) is 6.47. The van der Waals surface area contributed by atoms with Crippen LogP contribution in [0.4, 0.5) is 11.9 Å². The van der Waals surface area contributed by atoms with Crippen molar-refractivity contribution >= 4 is 23.5 Å². The lowest BCUT2D eigenvalue weighted by Crippen LogP contribution is -2.24. The molecule has 1 aromatic heterocycles. The summed E-state index contributed by atoms with van der Waals surface area (Å²) >= 11 is 5.84. The molecule has 0 bridgehead atoms. The third-order valence-corrected chi connectivity index (χ3v) is 2.97. The van der Waals surface area contributed by atoms with E-state index in [9.17, 15) is 0 Å². The normalized spacial score (nSPS) is 14.2. The molecule has 0 radical (unpaired) electrons. The van der Waals surface area contributed by atoms with Crippen LogP contribution >= 0.6 is 11.6 Å². The number of halogens is 1. The van der Waals surface area contributed by atoms with Crippen molar-refractivity contribution in [3.05, 3.63) is 5.28 Å². The molecule has 2 atom stereocenters. The first-order valence-corrected chi connectivity index (χ1v) is 6.36. The van der Waals surface area contributed by atoms with Crippen molar-refractivity contribution in [2.75, 3.05) is 17.2 Å². The maximum Gasteiger partial charge on any atom is 0.229 e. The SMILES string of the molecule is CCNc1nc(Cl)nc(NC(C)C(C)CC)n1. The minimum absolute atomic E-state index is 0.204. The van der Waals surface area contributed by atoms with Gasteiger partial charge in [0.05, 0.1) is 0 Å². The van der Waals surface area contributed by atoms with Crippen LogP contribution in [-0.4, -0.2) is 27.5 Å². The van der Waals surface area contributed by atoms with Crippen molar-refractivity contribution in [3.63, 3.8) is 0 Å². The quantitative estimate of drug-likeness (QED) is 0.821. The molecule has 0 aromatic carbocycles. The van der Waals surface area contributed by atoms with Crippen LogP contribution in [0.15, 0.2) is 0 Å². The smallest absolute Gasteiger partial charge is 0.229 e. The molecule has 0 aliphatic rings. The molecule has 96 valence electrons. The average molecular weight is 258 g/mol. The van der Waals surface area contributed by atoms with Crippen molar-refractivity contribution in [2.45, 2.75) is 40.2 Å². The number of rotatable bonds is 6. The molecule has 6 heteroatoms. The number of nitrogens with zero attached hydrogens (tertiary/aromatic N) is 3. The molecule has 0 saturated carbocycles. The highest BCUT2D eigenvalue weighted by atomic mass is 35.5. The highest BCUT2D eigenvalue weighted by Gasteiger charge is 2.12. The molecule has 1 heterocycles. The summed E-state index contributed by atoms with van der Waals surface area (Å²) in [5.41, 5.74) is 0. The van der Waals surface area contributed by atoms with Gasteiger partial charge in [-0.3, -0.25) is 0 Å². The fourth-order valence-corrected chi connectivity index (χ4v) is 1.51. The van der Waals surface area contributed by atoms with Gasteiger partial charge in [0.1, 0.15) is 0 Å². The van der Waals surface area contributed by atoms with E-state index < -0.39 is 0 Å². The monoisotopic (exact) mass is 257 g/mol. The van der Waals surface area contributed by atoms with Crippen LogP contribution in [0.25, 0.3) is 0 Å². The fourth-order valence-electron chi connectivity index (χ4n) is 1.35. The Morgan fingerprint density at radius 2 is 1.76 bits per heavy atom. The predicted octanol–water partition coefficient (Wildman–Crippen LogP) is 2.80. The average Bonchev–Trinajstić information content (AvgIpc) is 2.27. The molecule has 0 aliphatic heterocycles. The number of hydrogen-bond acceptors (Lipinski definition) is 5. The molecule has 2 unspecified atom stereocenters. The van der Waals surface area contributed by atoms with E-state index in [1.54, 1.807) is 0 Å². The van der Waals surface area contributed by atoms with Crippen molar-refractivity contribution in [2.24, 2.45) is 5.92 Å². The summed E-state index contributed by atoms with van der Waals surface area (Å²) in [6.45, 7) is 9.19. The molecule has 1 aromatic rings. The van der Waals surface area contributed by atoms with Gasteiger partial charge in [0.25, 0.3) is 0 Å². The molecular weight excluding hydrogens is 238 g/mol. The van der Waals surface area contributed by atoms with E-state index in [2.05, 4.69) is 46.4 Å². The van der Waals surface area contributed by atoms with Gasteiger partial charge in [0.15, 0.2) is 0 Å². The van der Waals surface area contributed by atoms with E-state index in [0.29, 0.717) is 23.9 Å². The number of nitrogens with one attached hydrogen (secondary N) is 2. The van der Waals surface area contributed by atoms with Crippen molar-refractivity contribution in [1.82, 2.24) is 15.0 Å². The van der Waals surface area contributed by atoms with Gasteiger partial charge in [-0.1, -0.05) is 20.3 Å². The van der Waals surface area contributed by atoms with Gasteiger partial charge < -0.3 is 10.6 Å². The minimum Gasteiger partial charge on any atom is -0.354 e. The Hall–Kier alpha value is -1.10. The first-order valence-electron chi connectivity index (χ1n) is 5.98. The molecule has 0 saturated heterocycles. The lowest BCUT2D eigenvalue weighted by molar-refractivity contribution is 0.492. The van der Waals surface area contributed by atoms with Gasteiger partial charge in [-0.2, -0.15) is 15.0 Å². The van der Waals surface area contributed by atoms with Gasteiger partial charge >= 0.3 is 0 Å². The summed E-state index contributed by atoms with van der Waals surface area (Å²) < 4.78 is 0. The Bertz CT molecular complexity index is 358. The zero-order valence-corrected chi connectivity index (χ0v) is 11.5. The van der Waals surface area contributed by atoms with E-state index in [-0.39, 0.29) is 5.28 Å². The maximum atomic E-state index is 5.84. The van der Waals surface area contributed by atoms with Gasteiger partial charge in [-0.05, 0) is 31.4 Å². The summed E-state index contributed by atoms with van der Waals surface area (Å²) in [4.78, 5) is 12.3. The minimum atomic E-state index is 0.204. The zero-order valence-electron chi connectivity index (χ0n) is 10.8. The lowest BCUT2D eigenvalue weighted by atomic mass is 10.0. The molecule has 0 fully saturated rings. The van der Waals surface area contributed by atoms with Crippen LogP contribution in [0.3, 0.4) is 0 Å². The van der Waals surface area contributed by atoms with E-state index in [1.807, 2.05) is 6.92 Å². The predicted molar refractivity (Wildman–Crippen MR) is 71.5 cm³/mol. The first kappa shape index (κ1) is 14.0. The number of hydrogen-bond donors (Lipinski definition) is 2. The third kappa shape index (κ3) is 4.34. The molecule has 0 spiro atoms. The number of aromatic nitrogens is 3. The molecule has 5 nitrogen and oxygen atoms in total. The van der Waals surface area contributed by atoms with Crippen molar-refractivity contribution in [1.29, 1.82) is 0 Å². The van der Waals surface area contributed by atoms with E-state index in [0.717, 1.165) is 13.0 Å². The maximum absolute atomic E-state index is 5.84. The van der Waals surface area contributed by atoms with Crippen LogP contribution in [0.2, 0.25) is 5.28 Å². The fraction of sp³-hybridized carbons (Fsp3) is 0.727. The Balaban J connectivity index is 2.76.